The molecular formula is C27H39N5O3. The van der Waals surface area contributed by atoms with E-state index in [4.69, 9.17) is 5.73 Å². The summed E-state index contributed by atoms with van der Waals surface area (Å²) in [6, 6.07) is 6.53. The molecule has 2 unspecified atom stereocenters. The van der Waals surface area contributed by atoms with Crippen molar-refractivity contribution in [2.45, 2.75) is 78.9 Å². The molecule has 2 aromatic rings. The van der Waals surface area contributed by atoms with Crippen LogP contribution in [0.2, 0.25) is 0 Å². The number of hydrogen-bond acceptors (Lipinski definition) is 5. The first-order valence-electron chi connectivity index (χ1n) is 12.4. The van der Waals surface area contributed by atoms with Gasteiger partial charge in [-0.15, -0.1) is 0 Å². The van der Waals surface area contributed by atoms with Crippen LogP contribution in [-0.2, 0) is 20.9 Å². The number of aromatic nitrogens is 1. The van der Waals surface area contributed by atoms with Gasteiger partial charge in [-0.25, -0.2) is 4.98 Å². The third-order valence-electron chi connectivity index (χ3n) is 6.44. The van der Waals surface area contributed by atoms with Gasteiger partial charge in [-0.05, 0) is 60.1 Å². The minimum absolute atomic E-state index is 0.129. The number of anilines is 1. The number of fused-ring (bicyclic) bond motifs is 1. The summed E-state index contributed by atoms with van der Waals surface area (Å²) in [7, 11) is 0. The summed E-state index contributed by atoms with van der Waals surface area (Å²) in [4.78, 5) is 44.1. The molecule has 0 aliphatic carbocycles. The van der Waals surface area contributed by atoms with Crippen LogP contribution in [0.15, 0.2) is 30.5 Å². The molecule has 190 valence electrons. The second-order valence-corrected chi connectivity index (χ2v) is 11.0. The number of nitrogens with zero attached hydrogens (tertiary/aromatic N) is 2. The van der Waals surface area contributed by atoms with Crippen LogP contribution in [0, 0.1) is 11.3 Å². The molecule has 1 aliphatic rings. The van der Waals surface area contributed by atoms with Gasteiger partial charge < -0.3 is 21.3 Å². The molecule has 8 heteroatoms. The molecule has 8 nitrogen and oxygen atoms in total. The molecule has 0 spiro atoms. The second-order valence-electron chi connectivity index (χ2n) is 11.0. The average molecular weight is 482 g/mol. The Kier molecular flexibility index (Phi) is 8.35. The Morgan fingerprint density at radius 1 is 1.23 bits per heavy atom. The van der Waals surface area contributed by atoms with Crippen LogP contribution in [0.25, 0.3) is 10.8 Å². The van der Waals surface area contributed by atoms with Crippen molar-refractivity contribution in [2.75, 3.05) is 12.3 Å². The largest absolute Gasteiger partial charge is 0.383 e. The van der Waals surface area contributed by atoms with Crippen molar-refractivity contribution in [3.8, 4) is 0 Å². The van der Waals surface area contributed by atoms with Crippen molar-refractivity contribution in [3.05, 3.63) is 36.0 Å². The lowest BCUT2D eigenvalue weighted by molar-refractivity contribution is -0.141. The first-order valence-corrected chi connectivity index (χ1v) is 12.4. The first-order chi connectivity index (χ1) is 16.4. The fourth-order valence-electron chi connectivity index (χ4n) is 5.17. The van der Waals surface area contributed by atoms with Crippen LogP contribution in [0.5, 0.6) is 0 Å². The lowest BCUT2D eigenvalue weighted by atomic mass is 9.82. The van der Waals surface area contributed by atoms with Crippen LogP contribution in [0.4, 0.5) is 5.82 Å². The molecule has 3 rings (SSSR count). The van der Waals surface area contributed by atoms with Crippen molar-refractivity contribution in [1.29, 1.82) is 0 Å². The van der Waals surface area contributed by atoms with Gasteiger partial charge in [-0.3, -0.25) is 14.4 Å². The molecule has 0 bridgehead atoms. The van der Waals surface area contributed by atoms with Crippen molar-refractivity contribution >= 4 is 34.3 Å². The standard InChI is InChI=1S/C27H39N5O3/c1-17(15-27(3,4)5)13-22(31-18(2)33)26(35)32-12-6-7-23(32)25(34)30-16-19-8-9-21-20(14-19)10-11-29-24(21)28/h8-11,14,17,22-23H,6-7,12-13,15-16H2,1-5H3,(H2,28,29)(H,30,34)(H,31,33)/t17?,22?,23-/m0/s1. The summed E-state index contributed by atoms with van der Waals surface area (Å²) in [5.41, 5.74) is 7.00. The van der Waals surface area contributed by atoms with Gasteiger partial charge >= 0.3 is 0 Å². The van der Waals surface area contributed by atoms with Crippen molar-refractivity contribution in [1.82, 2.24) is 20.5 Å². The van der Waals surface area contributed by atoms with Gasteiger partial charge in [-0.2, -0.15) is 0 Å². The number of amides is 3. The maximum Gasteiger partial charge on any atom is 0.245 e. The lowest BCUT2D eigenvalue weighted by Gasteiger charge is -2.31. The molecule has 2 heterocycles. The van der Waals surface area contributed by atoms with E-state index in [0.717, 1.165) is 29.2 Å². The molecule has 1 fully saturated rings. The van der Waals surface area contributed by atoms with Gasteiger partial charge in [0.05, 0.1) is 0 Å². The zero-order valence-electron chi connectivity index (χ0n) is 21.6. The maximum absolute atomic E-state index is 13.5. The van der Waals surface area contributed by atoms with Crippen molar-refractivity contribution in [3.63, 3.8) is 0 Å². The SMILES string of the molecule is CC(=O)NC(CC(C)CC(C)(C)C)C(=O)N1CCC[C@H]1C(=O)NCc1ccc2c(N)nccc2c1. The van der Waals surface area contributed by atoms with Crippen LogP contribution >= 0.6 is 0 Å². The lowest BCUT2D eigenvalue weighted by Crippen LogP contribution is -2.53. The van der Waals surface area contributed by atoms with Crippen molar-refractivity contribution < 1.29 is 14.4 Å². The van der Waals surface area contributed by atoms with Gasteiger partial charge in [0.2, 0.25) is 17.7 Å². The quantitative estimate of drug-likeness (QED) is 0.534. The van der Waals surface area contributed by atoms with E-state index >= 15 is 0 Å². The number of rotatable bonds is 8. The van der Waals surface area contributed by atoms with E-state index in [0.29, 0.717) is 31.7 Å². The monoisotopic (exact) mass is 481 g/mol. The minimum Gasteiger partial charge on any atom is -0.383 e. The fraction of sp³-hybridized carbons (Fsp3) is 0.556. The van der Waals surface area contributed by atoms with E-state index in [-0.39, 0.29) is 29.1 Å². The zero-order chi connectivity index (χ0) is 25.8. The van der Waals surface area contributed by atoms with Crippen LogP contribution < -0.4 is 16.4 Å². The number of carbonyl (C=O) groups excluding carboxylic acids is 3. The number of nitrogen functional groups attached to an aromatic ring is 1. The Bertz CT molecular complexity index is 1080. The Balaban J connectivity index is 1.66. The fourth-order valence-corrected chi connectivity index (χ4v) is 5.17. The Morgan fingerprint density at radius 2 is 1.97 bits per heavy atom. The van der Waals surface area contributed by atoms with Gasteiger partial charge in [0.15, 0.2) is 0 Å². The molecule has 3 amide bonds. The summed E-state index contributed by atoms with van der Waals surface area (Å²) in [6.45, 7) is 10.9. The minimum atomic E-state index is -0.627. The molecule has 0 saturated carbocycles. The summed E-state index contributed by atoms with van der Waals surface area (Å²) in [5, 5.41) is 7.66. The molecule has 1 aromatic heterocycles. The molecule has 1 aliphatic heterocycles. The number of nitrogens with one attached hydrogen (secondary N) is 2. The normalized spacial score (nSPS) is 17.7. The number of likely N-dealkylation sites (tertiary alicyclic amines) is 1. The van der Waals surface area contributed by atoms with E-state index < -0.39 is 12.1 Å². The maximum atomic E-state index is 13.5. The van der Waals surface area contributed by atoms with Gasteiger partial charge in [0.25, 0.3) is 0 Å². The van der Waals surface area contributed by atoms with E-state index in [1.807, 2.05) is 24.3 Å². The smallest absolute Gasteiger partial charge is 0.245 e. The predicted molar refractivity (Wildman–Crippen MR) is 138 cm³/mol. The highest BCUT2D eigenvalue weighted by molar-refractivity contribution is 5.93. The summed E-state index contributed by atoms with van der Waals surface area (Å²) in [6.07, 6.45) is 4.53. The molecule has 1 aromatic carbocycles. The van der Waals surface area contributed by atoms with Gasteiger partial charge in [0.1, 0.15) is 17.9 Å². The Hall–Kier alpha value is -3.16. The number of hydrogen-bond donors (Lipinski definition) is 3. The molecular weight excluding hydrogens is 442 g/mol. The van der Waals surface area contributed by atoms with Crippen LogP contribution in [-0.4, -0.2) is 46.2 Å². The summed E-state index contributed by atoms with van der Waals surface area (Å²) >= 11 is 0. The topological polar surface area (TPSA) is 117 Å². The van der Waals surface area contributed by atoms with E-state index in [1.165, 1.54) is 6.92 Å². The van der Waals surface area contributed by atoms with Crippen LogP contribution in [0.3, 0.4) is 0 Å². The molecule has 1 saturated heterocycles. The molecule has 35 heavy (non-hydrogen) atoms. The number of benzene rings is 1. The van der Waals surface area contributed by atoms with Gasteiger partial charge in [0, 0.05) is 31.6 Å². The highest BCUT2D eigenvalue weighted by Gasteiger charge is 2.38. The molecule has 4 N–H and O–H groups in total. The third kappa shape index (κ3) is 7.16. The summed E-state index contributed by atoms with van der Waals surface area (Å²) in [5.74, 6) is 0.145. The number of nitrogens with two attached hydrogens (primary N) is 1. The molecule has 0 radical (unpaired) electrons. The van der Waals surface area contributed by atoms with Gasteiger partial charge in [-0.1, -0.05) is 39.8 Å². The van der Waals surface area contributed by atoms with Crippen LogP contribution in [0.1, 0.15) is 65.9 Å². The molecule has 3 atom stereocenters. The van der Waals surface area contributed by atoms with Crippen molar-refractivity contribution in [2.24, 2.45) is 11.3 Å². The predicted octanol–water partition coefficient (Wildman–Crippen LogP) is 3.39. The zero-order valence-corrected chi connectivity index (χ0v) is 21.6. The Morgan fingerprint density at radius 3 is 2.66 bits per heavy atom. The number of pyridine rings is 1. The average Bonchev–Trinajstić information content (AvgIpc) is 3.25. The number of carbonyl (C=O) groups is 3. The summed E-state index contributed by atoms with van der Waals surface area (Å²) < 4.78 is 0. The van der Waals surface area contributed by atoms with E-state index in [2.05, 4.69) is 43.3 Å². The van der Waals surface area contributed by atoms with E-state index in [9.17, 15) is 14.4 Å². The Labute approximate surface area is 208 Å². The highest BCUT2D eigenvalue weighted by atomic mass is 16.2. The third-order valence-corrected chi connectivity index (χ3v) is 6.44. The first kappa shape index (κ1) is 26.4. The second kappa shape index (κ2) is 11.1. The van der Waals surface area contributed by atoms with E-state index in [1.54, 1.807) is 11.1 Å². The highest BCUT2D eigenvalue weighted by Crippen LogP contribution is 2.28.